The van der Waals surface area contributed by atoms with Crippen molar-refractivity contribution in [3.05, 3.63) is 44.6 Å². The Labute approximate surface area is 114 Å². The molecule has 0 atom stereocenters. The van der Waals surface area contributed by atoms with Gasteiger partial charge in [-0.25, -0.2) is 9.37 Å². The van der Waals surface area contributed by atoms with Crippen LogP contribution in [-0.4, -0.2) is 10.9 Å². The Balaban J connectivity index is 2.17. The van der Waals surface area contributed by atoms with Gasteiger partial charge in [-0.2, -0.15) is 0 Å². The van der Waals surface area contributed by atoms with Crippen LogP contribution < -0.4 is 5.32 Å². The fourth-order valence-electron chi connectivity index (χ4n) is 1.12. The number of amides is 1. The molecule has 0 saturated carbocycles. The van der Waals surface area contributed by atoms with E-state index in [4.69, 9.17) is 11.6 Å². The molecule has 88 valence electrons. The number of carbonyl (C=O) groups excluding carboxylic acids is 1. The number of rotatable bonds is 2. The SMILES string of the molecule is O=C(Nc1ncc(Br)s1)c1ccc(F)c(Cl)c1. The van der Waals surface area contributed by atoms with E-state index in [1.807, 2.05) is 0 Å². The first-order chi connectivity index (χ1) is 8.06. The summed E-state index contributed by atoms with van der Waals surface area (Å²) >= 11 is 10.1. The maximum Gasteiger partial charge on any atom is 0.257 e. The lowest BCUT2D eigenvalue weighted by Gasteiger charge is -2.02. The maximum atomic E-state index is 12.9. The minimum atomic E-state index is -0.555. The second-order valence-corrected chi connectivity index (χ2v) is 5.87. The molecular weight excluding hydrogens is 331 g/mol. The van der Waals surface area contributed by atoms with E-state index in [9.17, 15) is 9.18 Å². The summed E-state index contributed by atoms with van der Waals surface area (Å²) in [7, 11) is 0. The van der Waals surface area contributed by atoms with Gasteiger partial charge in [-0.15, -0.1) is 0 Å². The van der Waals surface area contributed by atoms with Crippen molar-refractivity contribution in [1.82, 2.24) is 4.98 Å². The van der Waals surface area contributed by atoms with Crippen LogP contribution in [0.25, 0.3) is 0 Å². The van der Waals surface area contributed by atoms with Crippen LogP contribution in [0.5, 0.6) is 0 Å². The van der Waals surface area contributed by atoms with Crippen LogP contribution in [0.4, 0.5) is 9.52 Å². The van der Waals surface area contributed by atoms with Crippen molar-refractivity contribution in [1.29, 1.82) is 0 Å². The highest BCUT2D eigenvalue weighted by Gasteiger charge is 2.10. The standard InChI is InChI=1S/C10H5BrClFN2OS/c11-8-4-14-10(17-8)15-9(16)5-1-2-7(13)6(12)3-5/h1-4H,(H,14,15,16). The molecule has 0 aliphatic carbocycles. The number of nitrogens with one attached hydrogen (secondary N) is 1. The van der Waals surface area contributed by atoms with Crippen LogP contribution in [0.2, 0.25) is 5.02 Å². The number of carbonyl (C=O) groups is 1. The molecule has 0 aliphatic heterocycles. The van der Waals surface area contributed by atoms with E-state index in [2.05, 4.69) is 26.2 Å². The third kappa shape index (κ3) is 3.02. The first-order valence-corrected chi connectivity index (χ1v) is 6.43. The number of hydrogen-bond donors (Lipinski definition) is 1. The molecule has 0 saturated heterocycles. The molecule has 1 heterocycles. The van der Waals surface area contributed by atoms with Crippen LogP contribution in [0.3, 0.4) is 0 Å². The molecule has 1 aromatic carbocycles. The molecule has 1 N–H and O–H groups in total. The third-order valence-electron chi connectivity index (χ3n) is 1.88. The molecule has 2 aromatic rings. The zero-order chi connectivity index (χ0) is 12.4. The second-order valence-electron chi connectivity index (χ2n) is 3.05. The van der Waals surface area contributed by atoms with E-state index < -0.39 is 5.82 Å². The van der Waals surface area contributed by atoms with Gasteiger partial charge < -0.3 is 0 Å². The number of nitrogens with zero attached hydrogens (tertiary/aromatic N) is 1. The summed E-state index contributed by atoms with van der Waals surface area (Å²) in [4.78, 5) is 15.7. The normalized spacial score (nSPS) is 10.3. The zero-order valence-electron chi connectivity index (χ0n) is 8.21. The van der Waals surface area contributed by atoms with Crippen molar-refractivity contribution in [2.24, 2.45) is 0 Å². The fraction of sp³-hybridized carbons (Fsp3) is 0. The highest BCUT2D eigenvalue weighted by Crippen LogP contribution is 2.24. The molecule has 0 aliphatic rings. The van der Waals surface area contributed by atoms with Crippen molar-refractivity contribution in [3.63, 3.8) is 0 Å². The van der Waals surface area contributed by atoms with Crippen LogP contribution in [0.1, 0.15) is 10.4 Å². The summed E-state index contributed by atoms with van der Waals surface area (Å²) in [5.41, 5.74) is 0.280. The Morgan fingerprint density at radius 1 is 1.53 bits per heavy atom. The van der Waals surface area contributed by atoms with E-state index in [0.717, 1.165) is 9.85 Å². The molecule has 7 heteroatoms. The van der Waals surface area contributed by atoms with Crippen molar-refractivity contribution >= 4 is 49.9 Å². The van der Waals surface area contributed by atoms with Gasteiger partial charge in [-0.3, -0.25) is 10.1 Å². The van der Waals surface area contributed by atoms with Crippen molar-refractivity contribution in [2.75, 3.05) is 5.32 Å². The summed E-state index contributed by atoms with van der Waals surface area (Å²) in [6.45, 7) is 0. The van der Waals surface area contributed by atoms with Crippen LogP contribution in [0, 0.1) is 5.82 Å². The Morgan fingerprint density at radius 2 is 2.29 bits per heavy atom. The number of anilines is 1. The summed E-state index contributed by atoms with van der Waals surface area (Å²) in [5, 5.41) is 2.96. The molecule has 0 unspecified atom stereocenters. The minimum Gasteiger partial charge on any atom is -0.298 e. The van der Waals surface area contributed by atoms with Gasteiger partial charge in [0.15, 0.2) is 5.13 Å². The van der Waals surface area contributed by atoms with Gasteiger partial charge in [0, 0.05) is 5.56 Å². The fourth-order valence-corrected chi connectivity index (χ4v) is 2.40. The summed E-state index contributed by atoms with van der Waals surface area (Å²) in [6, 6.07) is 3.78. The highest BCUT2D eigenvalue weighted by atomic mass is 79.9. The minimum absolute atomic E-state index is 0.0852. The molecular formula is C10H5BrClFN2OS. The number of thiazole rings is 1. The van der Waals surface area contributed by atoms with Crippen LogP contribution >= 0.6 is 38.9 Å². The summed E-state index contributed by atoms with van der Waals surface area (Å²) in [5.74, 6) is -0.936. The van der Waals surface area contributed by atoms with E-state index in [1.165, 1.54) is 23.5 Å². The molecule has 1 amide bonds. The lowest BCUT2D eigenvalue weighted by Crippen LogP contribution is -2.11. The van der Waals surface area contributed by atoms with Crippen LogP contribution in [-0.2, 0) is 0 Å². The van der Waals surface area contributed by atoms with Gasteiger partial charge in [-0.1, -0.05) is 22.9 Å². The maximum absolute atomic E-state index is 12.9. The largest absolute Gasteiger partial charge is 0.298 e. The Kier molecular flexibility index (Phi) is 3.76. The predicted molar refractivity (Wildman–Crippen MR) is 69.2 cm³/mol. The third-order valence-corrected chi connectivity index (χ3v) is 3.56. The van der Waals surface area contributed by atoms with Crippen molar-refractivity contribution in [2.45, 2.75) is 0 Å². The summed E-state index contributed by atoms with van der Waals surface area (Å²) < 4.78 is 13.7. The smallest absolute Gasteiger partial charge is 0.257 e. The molecule has 0 spiro atoms. The van der Waals surface area contributed by atoms with E-state index in [-0.39, 0.29) is 16.5 Å². The van der Waals surface area contributed by atoms with Gasteiger partial charge in [0.25, 0.3) is 5.91 Å². The average Bonchev–Trinajstić information content (AvgIpc) is 2.68. The van der Waals surface area contributed by atoms with Gasteiger partial charge >= 0.3 is 0 Å². The predicted octanol–water partition coefficient (Wildman–Crippen LogP) is 3.95. The van der Waals surface area contributed by atoms with Crippen molar-refractivity contribution < 1.29 is 9.18 Å². The van der Waals surface area contributed by atoms with E-state index in [0.29, 0.717) is 5.13 Å². The number of aromatic nitrogens is 1. The monoisotopic (exact) mass is 334 g/mol. The molecule has 0 radical (unpaired) electrons. The van der Waals surface area contributed by atoms with Gasteiger partial charge in [0.2, 0.25) is 0 Å². The molecule has 3 nitrogen and oxygen atoms in total. The molecule has 17 heavy (non-hydrogen) atoms. The Bertz CT molecular complexity index is 575. The highest BCUT2D eigenvalue weighted by molar-refractivity contribution is 9.11. The van der Waals surface area contributed by atoms with Crippen LogP contribution in [0.15, 0.2) is 28.2 Å². The second kappa shape index (κ2) is 5.12. The molecule has 1 aromatic heterocycles. The zero-order valence-corrected chi connectivity index (χ0v) is 11.4. The molecule has 0 fully saturated rings. The Morgan fingerprint density at radius 3 is 2.88 bits per heavy atom. The van der Waals surface area contributed by atoms with Gasteiger partial charge in [-0.05, 0) is 34.1 Å². The van der Waals surface area contributed by atoms with Gasteiger partial charge in [0.1, 0.15) is 5.82 Å². The number of benzene rings is 1. The molecule has 0 bridgehead atoms. The van der Waals surface area contributed by atoms with Gasteiger partial charge in [0.05, 0.1) is 15.0 Å². The average molecular weight is 336 g/mol. The van der Waals surface area contributed by atoms with Crippen molar-refractivity contribution in [3.8, 4) is 0 Å². The topological polar surface area (TPSA) is 42.0 Å². The quantitative estimate of drug-likeness (QED) is 0.903. The van der Waals surface area contributed by atoms with E-state index >= 15 is 0 Å². The number of hydrogen-bond acceptors (Lipinski definition) is 3. The lowest BCUT2D eigenvalue weighted by molar-refractivity contribution is 0.102. The number of halogens is 3. The summed E-state index contributed by atoms with van der Waals surface area (Å²) in [6.07, 6.45) is 1.58. The molecule has 2 rings (SSSR count). The first-order valence-electron chi connectivity index (χ1n) is 4.44. The first kappa shape index (κ1) is 12.5. The lowest BCUT2D eigenvalue weighted by atomic mass is 10.2. The Hall–Kier alpha value is -0.980. The van der Waals surface area contributed by atoms with E-state index in [1.54, 1.807) is 6.20 Å².